The Morgan fingerprint density at radius 3 is 2.58 bits per heavy atom. The summed E-state index contributed by atoms with van der Waals surface area (Å²) >= 11 is 5.89. The molecule has 0 saturated carbocycles. The van der Waals surface area contributed by atoms with Crippen LogP contribution in [0.15, 0.2) is 42.7 Å². The van der Waals surface area contributed by atoms with Gasteiger partial charge in [-0.25, -0.2) is 4.98 Å². The number of rotatable bonds is 2. The SMILES string of the molecule is Nc1cc(-c2n[nH]c(-c3ccncc3)n2)ccc1Cl. The number of H-pyrrole nitrogens is 1. The lowest BCUT2D eigenvalue weighted by Crippen LogP contribution is -1.88. The second-order valence-corrected chi connectivity index (χ2v) is 4.39. The first-order chi connectivity index (χ1) is 9.24. The van der Waals surface area contributed by atoms with Crippen molar-refractivity contribution in [1.82, 2.24) is 20.2 Å². The van der Waals surface area contributed by atoms with Crippen molar-refractivity contribution in [3.8, 4) is 22.8 Å². The molecule has 19 heavy (non-hydrogen) atoms. The van der Waals surface area contributed by atoms with E-state index in [-0.39, 0.29) is 0 Å². The molecule has 0 radical (unpaired) electrons. The Hall–Kier alpha value is -2.40. The molecular weight excluding hydrogens is 262 g/mol. The van der Waals surface area contributed by atoms with Gasteiger partial charge in [-0.15, -0.1) is 0 Å². The van der Waals surface area contributed by atoms with Crippen molar-refractivity contribution < 1.29 is 0 Å². The molecule has 0 aliphatic carbocycles. The Bertz CT molecular complexity index is 708. The average Bonchev–Trinajstić information content (AvgIpc) is 2.93. The summed E-state index contributed by atoms with van der Waals surface area (Å²) in [5, 5.41) is 7.59. The number of nitrogen functional groups attached to an aromatic ring is 1. The van der Waals surface area contributed by atoms with Crippen molar-refractivity contribution in [2.75, 3.05) is 5.73 Å². The van der Waals surface area contributed by atoms with Crippen molar-refractivity contribution in [2.45, 2.75) is 0 Å². The molecule has 0 unspecified atom stereocenters. The van der Waals surface area contributed by atoms with E-state index in [1.54, 1.807) is 24.5 Å². The van der Waals surface area contributed by atoms with Crippen molar-refractivity contribution in [3.05, 3.63) is 47.7 Å². The van der Waals surface area contributed by atoms with Crippen LogP contribution in [0.3, 0.4) is 0 Å². The summed E-state index contributed by atoms with van der Waals surface area (Å²) in [6.45, 7) is 0. The molecule has 3 N–H and O–H groups in total. The number of hydrogen-bond donors (Lipinski definition) is 2. The summed E-state index contributed by atoms with van der Waals surface area (Å²) in [5.41, 5.74) is 8.02. The fourth-order valence-corrected chi connectivity index (χ4v) is 1.83. The molecule has 0 saturated heterocycles. The zero-order chi connectivity index (χ0) is 13.2. The Kier molecular flexibility index (Phi) is 2.89. The van der Waals surface area contributed by atoms with E-state index in [9.17, 15) is 0 Å². The minimum Gasteiger partial charge on any atom is -0.398 e. The second kappa shape index (κ2) is 4.70. The highest BCUT2D eigenvalue weighted by atomic mass is 35.5. The third kappa shape index (κ3) is 2.28. The van der Waals surface area contributed by atoms with E-state index in [1.807, 2.05) is 18.2 Å². The number of benzene rings is 1. The number of halogens is 1. The Morgan fingerprint density at radius 1 is 1.05 bits per heavy atom. The van der Waals surface area contributed by atoms with Crippen LogP contribution < -0.4 is 5.73 Å². The van der Waals surface area contributed by atoms with Gasteiger partial charge in [-0.05, 0) is 30.3 Å². The number of nitrogens with two attached hydrogens (primary N) is 1. The van der Waals surface area contributed by atoms with Crippen LogP contribution in [0.1, 0.15) is 0 Å². The average molecular weight is 272 g/mol. The van der Waals surface area contributed by atoms with Crippen LogP contribution in [0.4, 0.5) is 5.69 Å². The summed E-state index contributed by atoms with van der Waals surface area (Å²) in [6.07, 6.45) is 3.41. The number of pyridine rings is 1. The molecule has 5 nitrogen and oxygen atoms in total. The highest BCUT2D eigenvalue weighted by molar-refractivity contribution is 6.33. The Morgan fingerprint density at radius 2 is 1.84 bits per heavy atom. The van der Waals surface area contributed by atoms with E-state index in [0.29, 0.717) is 22.4 Å². The first-order valence-electron chi connectivity index (χ1n) is 5.62. The van der Waals surface area contributed by atoms with Gasteiger partial charge in [-0.2, -0.15) is 5.10 Å². The van der Waals surface area contributed by atoms with Crippen LogP contribution in [0.25, 0.3) is 22.8 Å². The molecule has 3 rings (SSSR count). The van der Waals surface area contributed by atoms with Gasteiger partial charge in [-0.1, -0.05) is 11.6 Å². The van der Waals surface area contributed by atoms with E-state index in [0.717, 1.165) is 11.1 Å². The molecule has 2 heterocycles. The molecule has 0 spiro atoms. The van der Waals surface area contributed by atoms with Crippen LogP contribution in [-0.2, 0) is 0 Å². The van der Waals surface area contributed by atoms with Gasteiger partial charge >= 0.3 is 0 Å². The maximum Gasteiger partial charge on any atom is 0.181 e. The van der Waals surface area contributed by atoms with E-state index in [2.05, 4.69) is 20.2 Å². The Balaban J connectivity index is 1.99. The molecule has 0 aliphatic heterocycles. The molecular formula is C13H10ClN5. The van der Waals surface area contributed by atoms with Gasteiger partial charge < -0.3 is 5.73 Å². The zero-order valence-corrected chi connectivity index (χ0v) is 10.6. The van der Waals surface area contributed by atoms with Gasteiger partial charge in [0.05, 0.1) is 10.7 Å². The van der Waals surface area contributed by atoms with Crippen molar-refractivity contribution >= 4 is 17.3 Å². The lowest BCUT2D eigenvalue weighted by atomic mass is 10.2. The first kappa shape index (κ1) is 11.7. The zero-order valence-electron chi connectivity index (χ0n) is 9.84. The van der Waals surface area contributed by atoms with Gasteiger partial charge in [0.25, 0.3) is 0 Å². The van der Waals surface area contributed by atoms with Gasteiger partial charge in [0.2, 0.25) is 0 Å². The van der Waals surface area contributed by atoms with Gasteiger partial charge in [0.1, 0.15) is 0 Å². The van der Waals surface area contributed by atoms with Crippen LogP contribution in [-0.4, -0.2) is 20.2 Å². The van der Waals surface area contributed by atoms with Gasteiger partial charge in [0.15, 0.2) is 11.6 Å². The van der Waals surface area contributed by atoms with Crippen LogP contribution in [0.5, 0.6) is 0 Å². The fourth-order valence-electron chi connectivity index (χ4n) is 1.71. The van der Waals surface area contributed by atoms with Crippen LogP contribution >= 0.6 is 11.6 Å². The number of hydrogen-bond acceptors (Lipinski definition) is 4. The summed E-state index contributed by atoms with van der Waals surface area (Å²) in [6, 6.07) is 9.04. The lowest BCUT2D eigenvalue weighted by Gasteiger charge is -1.99. The molecule has 3 aromatic rings. The minimum atomic E-state index is 0.509. The van der Waals surface area contributed by atoms with E-state index < -0.39 is 0 Å². The molecule has 6 heteroatoms. The van der Waals surface area contributed by atoms with Gasteiger partial charge in [-0.3, -0.25) is 10.1 Å². The molecule has 0 aliphatic rings. The van der Waals surface area contributed by atoms with E-state index >= 15 is 0 Å². The van der Waals surface area contributed by atoms with Crippen molar-refractivity contribution in [1.29, 1.82) is 0 Å². The molecule has 94 valence electrons. The third-order valence-electron chi connectivity index (χ3n) is 2.69. The van der Waals surface area contributed by atoms with Crippen LogP contribution in [0, 0.1) is 0 Å². The molecule has 1 aromatic carbocycles. The standard InChI is InChI=1S/C13H10ClN5/c14-10-2-1-9(7-11(10)15)13-17-12(18-19-13)8-3-5-16-6-4-8/h1-7H,15H2,(H,17,18,19). The van der Waals surface area contributed by atoms with E-state index in [4.69, 9.17) is 17.3 Å². The number of nitrogens with one attached hydrogen (secondary N) is 1. The summed E-state index contributed by atoms with van der Waals surface area (Å²) in [5.74, 6) is 1.26. The minimum absolute atomic E-state index is 0.509. The fraction of sp³-hybridized carbons (Fsp3) is 0. The predicted octanol–water partition coefficient (Wildman–Crippen LogP) is 2.77. The molecule has 0 atom stereocenters. The highest BCUT2D eigenvalue weighted by Gasteiger charge is 2.08. The number of aromatic amines is 1. The quantitative estimate of drug-likeness (QED) is 0.702. The second-order valence-electron chi connectivity index (χ2n) is 3.98. The maximum atomic E-state index is 5.89. The molecule has 2 aromatic heterocycles. The van der Waals surface area contributed by atoms with Crippen molar-refractivity contribution in [2.24, 2.45) is 0 Å². The molecule has 0 bridgehead atoms. The molecule has 0 amide bonds. The number of nitrogens with zero attached hydrogens (tertiary/aromatic N) is 3. The predicted molar refractivity (Wildman–Crippen MR) is 74.5 cm³/mol. The Labute approximate surface area is 114 Å². The molecule has 0 fully saturated rings. The topological polar surface area (TPSA) is 80.5 Å². The van der Waals surface area contributed by atoms with Crippen LogP contribution in [0.2, 0.25) is 5.02 Å². The smallest absolute Gasteiger partial charge is 0.181 e. The maximum absolute atomic E-state index is 5.89. The first-order valence-corrected chi connectivity index (χ1v) is 6.00. The summed E-state index contributed by atoms with van der Waals surface area (Å²) in [4.78, 5) is 8.39. The monoisotopic (exact) mass is 271 g/mol. The number of aromatic nitrogens is 4. The number of anilines is 1. The van der Waals surface area contributed by atoms with Gasteiger partial charge in [0, 0.05) is 23.5 Å². The summed E-state index contributed by atoms with van der Waals surface area (Å²) < 4.78 is 0. The normalized spacial score (nSPS) is 10.6. The lowest BCUT2D eigenvalue weighted by molar-refractivity contribution is 1.10. The largest absolute Gasteiger partial charge is 0.398 e. The third-order valence-corrected chi connectivity index (χ3v) is 3.04. The van der Waals surface area contributed by atoms with Crippen molar-refractivity contribution in [3.63, 3.8) is 0 Å². The summed E-state index contributed by atoms with van der Waals surface area (Å²) in [7, 11) is 0. The van der Waals surface area contributed by atoms with E-state index in [1.165, 1.54) is 0 Å². The highest BCUT2D eigenvalue weighted by Crippen LogP contribution is 2.25.